The molecule has 1 aliphatic rings. The second kappa shape index (κ2) is 10.3. The van der Waals surface area contributed by atoms with E-state index in [1.54, 1.807) is 6.20 Å². The summed E-state index contributed by atoms with van der Waals surface area (Å²) in [5, 5.41) is 6.69. The third kappa shape index (κ3) is 5.45. The number of piperazine rings is 1. The van der Waals surface area contributed by atoms with Crippen LogP contribution in [0.15, 0.2) is 53.8 Å². The van der Waals surface area contributed by atoms with Crippen LogP contribution in [0.3, 0.4) is 0 Å². The lowest BCUT2D eigenvalue weighted by molar-refractivity contribution is -0.126. The molecule has 9 heteroatoms. The minimum absolute atomic E-state index is 0.0329. The Balaban J connectivity index is 1.45. The highest BCUT2D eigenvalue weighted by atomic mass is 16.5. The Bertz CT molecular complexity index is 1270. The molecular formula is C27H32N6O3. The Kier molecular flexibility index (Phi) is 7.19. The number of anilines is 1. The van der Waals surface area contributed by atoms with Gasteiger partial charge in [-0.25, -0.2) is 0 Å². The summed E-state index contributed by atoms with van der Waals surface area (Å²) in [6.07, 6.45) is 5.03. The third-order valence-corrected chi connectivity index (χ3v) is 6.27. The first-order valence-electron chi connectivity index (χ1n) is 12.0. The summed E-state index contributed by atoms with van der Waals surface area (Å²) < 4.78 is 5.22. The van der Waals surface area contributed by atoms with Crippen molar-refractivity contribution in [1.29, 1.82) is 0 Å². The van der Waals surface area contributed by atoms with Gasteiger partial charge >= 0.3 is 0 Å². The Morgan fingerprint density at radius 3 is 2.56 bits per heavy atom. The van der Waals surface area contributed by atoms with Gasteiger partial charge in [0, 0.05) is 49.9 Å². The van der Waals surface area contributed by atoms with Crippen molar-refractivity contribution >= 4 is 17.5 Å². The van der Waals surface area contributed by atoms with Crippen LogP contribution in [0.2, 0.25) is 0 Å². The summed E-state index contributed by atoms with van der Waals surface area (Å²) in [6.45, 7) is 14.6. The number of amides is 2. The van der Waals surface area contributed by atoms with Crippen LogP contribution in [0.4, 0.5) is 5.69 Å². The molecule has 0 atom stereocenters. The number of carbonyl (C=O) groups excluding carboxylic acids is 2. The van der Waals surface area contributed by atoms with Gasteiger partial charge in [-0.15, -0.1) is 0 Å². The SMILES string of the molecule is C=CC(=O)N1CCN(c2cnccc2-c2ccc(CNC(=O)c3noc(C(C)(C)C)n3)c(C)c2)CC1. The maximum atomic E-state index is 12.5. The summed E-state index contributed by atoms with van der Waals surface area (Å²) >= 11 is 0. The largest absolute Gasteiger partial charge is 0.366 e. The molecule has 1 aromatic carbocycles. The van der Waals surface area contributed by atoms with Crippen molar-refractivity contribution in [1.82, 2.24) is 25.3 Å². The topological polar surface area (TPSA) is 104 Å². The van der Waals surface area contributed by atoms with E-state index < -0.39 is 0 Å². The first kappa shape index (κ1) is 25.1. The van der Waals surface area contributed by atoms with Gasteiger partial charge in [0.05, 0.1) is 11.9 Å². The number of rotatable bonds is 6. The molecule has 0 unspecified atom stereocenters. The number of aryl methyl sites for hydroxylation is 1. The summed E-state index contributed by atoms with van der Waals surface area (Å²) in [4.78, 5) is 37.1. The standard InChI is InChI=1S/C27H32N6O3/c1-6-23(34)33-13-11-32(12-14-33)22-17-28-10-9-21(22)19-7-8-20(18(2)15-19)16-29-25(35)24-30-26(36-31-24)27(3,4)5/h6-10,15,17H,1,11-14,16H2,2-5H3,(H,29,35). The monoisotopic (exact) mass is 488 g/mol. The van der Waals surface area contributed by atoms with Crippen LogP contribution >= 0.6 is 0 Å². The quantitative estimate of drug-likeness (QED) is 0.530. The van der Waals surface area contributed by atoms with Gasteiger partial charge in [-0.05, 0) is 35.8 Å². The zero-order valence-corrected chi connectivity index (χ0v) is 21.2. The highest BCUT2D eigenvalue weighted by Gasteiger charge is 2.24. The number of hydrogen-bond acceptors (Lipinski definition) is 7. The number of nitrogens with zero attached hydrogens (tertiary/aromatic N) is 5. The van der Waals surface area contributed by atoms with E-state index in [0.717, 1.165) is 41.0 Å². The van der Waals surface area contributed by atoms with Crippen LogP contribution < -0.4 is 10.2 Å². The van der Waals surface area contributed by atoms with E-state index in [-0.39, 0.29) is 23.1 Å². The molecule has 2 aromatic heterocycles. The van der Waals surface area contributed by atoms with Crippen LogP contribution in [-0.4, -0.2) is 58.0 Å². The molecule has 0 bridgehead atoms. The average Bonchev–Trinajstić information content (AvgIpc) is 3.39. The highest BCUT2D eigenvalue weighted by molar-refractivity contribution is 5.90. The lowest BCUT2D eigenvalue weighted by atomic mass is 9.97. The van der Waals surface area contributed by atoms with Crippen molar-refractivity contribution in [2.45, 2.75) is 39.7 Å². The Morgan fingerprint density at radius 1 is 1.17 bits per heavy atom. The lowest BCUT2D eigenvalue weighted by Gasteiger charge is -2.36. The maximum Gasteiger partial charge on any atom is 0.292 e. The van der Waals surface area contributed by atoms with Crippen molar-refractivity contribution in [3.63, 3.8) is 0 Å². The molecule has 0 spiro atoms. The van der Waals surface area contributed by atoms with Gasteiger partial charge in [-0.3, -0.25) is 14.6 Å². The van der Waals surface area contributed by atoms with Gasteiger partial charge in [0.2, 0.25) is 11.8 Å². The molecule has 1 fully saturated rings. The zero-order valence-electron chi connectivity index (χ0n) is 21.2. The maximum absolute atomic E-state index is 12.5. The first-order chi connectivity index (χ1) is 17.2. The van der Waals surface area contributed by atoms with Crippen molar-refractivity contribution in [3.05, 3.63) is 72.2 Å². The van der Waals surface area contributed by atoms with E-state index in [2.05, 4.69) is 44.1 Å². The van der Waals surface area contributed by atoms with Crippen LogP contribution in [0.1, 0.15) is 48.4 Å². The van der Waals surface area contributed by atoms with Crippen LogP contribution in [-0.2, 0) is 16.8 Å². The van der Waals surface area contributed by atoms with E-state index in [0.29, 0.717) is 25.5 Å². The van der Waals surface area contributed by atoms with Crippen LogP contribution in [0.5, 0.6) is 0 Å². The highest BCUT2D eigenvalue weighted by Crippen LogP contribution is 2.32. The number of benzene rings is 1. The predicted octanol–water partition coefficient (Wildman–Crippen LogP) is 3.50. The number of aromatic nitrogens is 3. The molecule has 0 radical (unpaired) electrons. The fourth-order valence-electron chi connectivity index (χ4n) is 4.12. The second-order valence-electron chi connectivity index (χ2n) is 9.91. The van der Waals surface area contributed by atoms with Crippen LogP contribution in [0, 0.1) is 6.92 Å². The molecular weight excluding hydrogens is 456 g/mol. The molecule has 9 nitrogen and oxygen atoms in total. The van der Waals surface area contributed by atoms with Crippen LogP contribution in [0.25, 0.3) is 11.1 Å². The number of hydrogen-bond donors (Lipinski definition) is 1. The number of pyridine rings is 1. The minimum atomic E-state index is -0.372. The molecule has 3 aromatic rings. The molecule has 1 aliphatic heterocycles. The minimum Gasteiger partial charge on any atom is -0.366 e. The number of carbonyl (C=O) groups is 2. The Morgan fingerprint density at radius 2 is 1.92 bits per heavy atom. The summed E-state index contributed by atoms with van der Waals surface area (Å²) in [7, 11) is 0. The molecule has 1 N–H and O–H groups in total. The van der Waals surface area contributed by atoms with Gasteiger partial charge in [0.15, 0.2) is 0 Å². The first-order valence-corrected chi connectivity index (χ1v) is 12.0. The van der Waals surface area contributed by atoms with Crippen molar-refractivity contribution < 1.29 is 14.1 Å². The molecule has 0 saturated carbocycles. The van der Waals surface area contributed by atoms with Crippen molar-refractivity contribution in [2.24, 2.45) is 0 Å². The summed E-state index contributed by atoms with van der Waals surface area (Å²) in [6, 6.07) is 8.20. The van der Waals surface area contributed by atoms with Crippen molar-refractivity contribution in [3.8, 4) is 11.1 Å². The molecule has 4 rings (SSSR count). The fraction of sp³-hybridized carbons (Fsp3) is 0.370. The molecule has 2 amide bonds. The Labute approximate surface area is 211 Å². The zero-order chi connectivity index (χ0) is 25.9. The van der Waals surface area contributed by atoms with E-state index >= 15 is 0 Å². The number of nitrogens with one attached hydrogen (secondary N) is 1. The normalized spacial score (nSPS) is 14.0. The molecule has 0 aliphatic carbocycles. The summed E-state index contributed by atoms with van der Waals surface area (Å²) in [5.74, 6) is 0.0529. The smallest absolute Gasteiger partial charge is 0.292 e. The third-order valence-electron chi connectivity index (χ3n) is 6.27. The average molecular weight is 489 g/mol. The summed E-state index contributed by atoms with van der Waals surface area (Å²) in [5.41, 5.74) is 4.92. The van der Waals surface area contributed by atoms with E-state index in [9.17, 15) is 9.59 Å². The van der Waals surface area contributed by atoms with Gasteiger partial charge in [0.1, 0.15) is 0 Å². The van der Waals surface area contributed by atoms with E-state index in [4.69, 9.17) is 4.52 Å². The molecule has 3 heterocycles. The lowest BCUT2D eigenvalue weighted by Crippen LogP contribution is -2.48. The molecule has 188 valence electrons. The molecule has 36 heavy (non-hydrogen) atoms. The second-order valence-corrected chi connectivity index (χ2v) is 9.91. The fourth-order valence-corrected chi connectivity index (χ4v) is 4.12. The van der Waals surface area contributed by atoms with E-state index in [1.807, 2.05) is 50.9 Å². The predicted molar refractivity (Wildman–Crippen MR) is 138 cm³/mol. The van der Waals surface area contributed by atoms with Gasteiger partial charge in [0.25, 0.3) is 11.7 Å². The van der Waals surface area contributed by atoms with Gasteiger partial charge in [-0.1, -0.05) is 50.7 Å². The van der Waals surface area contributed by atoms with Gasteiger partial charge < -0.3 is 19.6 Å². The Hall–Kier alpha value is -4.01. The van der Waals surface area contributed by atoms with E-state index in [1.165, 1.54) is 6.08 Å². The van der Waals surface area contributed by atoms with Crippen molar-refractivity contribution in [2.75, 3.05) is 31.1 Å². The molecule has 1 saturated heterocycles. The van der Waals surface area contributed by atoms with Gasteiger partial charge in [-0.2, -0.15) is 4.98 Å².